The molecule has 0 saturated heterocycles. The van der Waals surface area contributed by atoms with Gasteiger partial charge < -0.3 is 20.4 Å². The lowest BCUT2D eigenvalue weighted by Gasteiger charge is -2.63. The third-order valence-corrected chi connectivity index (χ3v) is 9.48. The lowest BCUT2D eigenvalue weighted by atomic mass is 9.43. The number of rotatable bonds is 1. The van der Waals surface area contributed by atoms with Crippen LogP contribution in [0.5, 0.6) is 0 Å². The molecule has 0 aromatic heterocycles. The van der Waals surface area contributed by atoms with Gasteiger partial charge in [0.15, 0.2) is 0 Å². The topological polar surface area (TPSA) is 80.9 Å². The normalized spacial score (nSPS) is 59.6. The Morgan fingerprint density at radius 2 is 1.72 bits per heavy atom. The van der Waals surface area contributed by atoms with E-state index in [-0.39, 0.29) is 17.4 Å². The monoisotopic (exact) mass is 352 g/mol. The minimum atomic E-state index is -1.08. The molecule has 0 unspecified atom stereocenters. The summed E-state index contributed by atoms with van der Waals surface area (Å²) in [4.78, 5) is 0. The van der Waals surface area contributed by atoms with Crippen molar-refractivity contribution in [3.8, 4) is 0 Å². The molecule has 0 aromatic rings. The first-order valence-corrected chi connectivity index (χ1v) is 10.4. The van der Waals surface area contributed by atoms with Crippen molar-refractivity contribution in [3.63, 3.8) is 0 Å². The smallest absolute Gasteiger partial charge is 0.0959 e. The second-order valence-corrected chi connectivity index (χ2v) is 10.3. The van der Waals surface area contributed by atoms with E-state index in [2.05, 4.69) is 13.8 Å². The highest BCUT2D eigenvalue weighted by molar-refractivity contribution is 5.17. The van der Waals surface area contributed by atoms with Crippen molar-refractivity contribution in [1.82, 2.24) is 0 Å². The molecule has 4 nitrogen and oxygen atoms in total. The molecule has 0 aromatic carbocycles. The Morgan fingerprint density at radius 1 is 1.00 bits per heavy atom. The standard InChI is InChI=1S/C21H36O4/c1-12(22)21(25)9-7-16-15-5-4-13-10-14(23)6-8-19(13,2)18(15)17(24)11-20(16,21)3/h12-18,22-25H,4-11H2,1-3H3/t12-,13+,14+,15+,16+,17+,18-,19+,20+,21-/m1/s1. The van der Waals surface area contributed by atoms with Gasteiger partial charge in [-0.3, -0.25) is 0 Å². The quantitative estimate of drug-likeness (QED) is 0.584. The summed E-state index contributed by atoms with van der Waals surface area (Å²) >= 11 is 0. The van der Waals surface area contributed by atoms with Crippen molar-refractivity contribution in [2.45, 2.75) is 96.1 Å². The molecule has 4 saturated carbocycles. The number of hydrogen-bond acceptors (Lipinski definition) is 4. The van der Waals surface area contributed by atoms with Crippen molar-refractivity contribution in [1.29, 1.82) is 0 Å². The van der Waals surface area contributed by atoms with Crippen LogP contribution in [0.3, 0.4) is 0 Å². The molecular formula is C21H36O4. The summed E-state index contributed by atoms with van der Waals surface area (Å²) in [7, 11) is 0. The molecule has 0 spiro atoms. The van der Waals surface area contributed by atoms with Crippen LogP contribution in [0.1, 0.15) is 72.1 Å². The summed E-state index contributed by atoms with van der Waals surface area (Å²) in [5, 5.41) is 42.9. The van der Waals surface area contributed by atoms with Crippen LogP contribution in [0.2, 0.25) is 0 Å². The average molecular weight is 353 g/mol. The van der Waals surface area contributed by atoms with Gasteiger partial charge in [0.2, 0.25) is 0 Å². The van der Waals surface area contributed by atoms with Gasteiger partial charge in [-0.05, 0) is 87.4 Å². The molecule has 144 valence electrons. The molecule has 4 aliphatic rings. The number of fused-ring (bicyclic) bond motifs is 5. The molecule has 4 N–H and O–H groups in total. The lowest BCUT2D eigenvalue weighted by molar-refractivity contribution is -0.218. The van der Waals surface area contributed by atoms with E-state index in [0.717, 1.165) is 38.5 Å². The molecule has 4 fully saturated rings. The first-order chi connectivity index (χ1) is 11.6. The fourth-order valence-corrected chi connectivity index (χ4v) is 8.09. The summed E-state index contributed by atoms with van der Waals surface area (Å²) in [6.45, 7) is 6.16. The molecule has 4 rings (SSSR count). The van der Waals surface area contributed by atoms with Gasteiger partial charge in [-0.25, -0.2) is 0 Å². The summed E-state index contributed by atoms with van der Waals surface area (Å²) in [6.07, 6.45) is 5.77. The van der Waals surface area contributed by atoms with E-state index in [1.54, 1.807) is 6.92 Å². The number of aliphatic hydroxyl groups excluding tert-OH is 3. The molecule has 0 aliphatic heterocycles. The first-order valence-electron chi connectivity index (χ1n) is 10.4. The Hall–Kier alpha value is -0.160. The lowest BCUT2D eigenvalue weighted by Crippen LogP contribution is -2.63. The van der Waals surface area contributed by atoms with E-state index < -0.39 is 23.2 Å². The maximum atomic E-state index is 11.3. The van der Waals surface area contributed by atoms with Gasteiger partial charge in [-0.15, -0.1) is 0 Å². The second-order valence-electron chi connectivity index (χ2n) is 10.3. The highest BCUT2D eigenvalue weighted by atomic mass is 16.3. The van der Waals surface area contributed by atoms with Crippen LogP contribution >= 0.6 is 0 Å². The molecule has 4 aliphatic carbocycles. The Balaban J connectivity index is 1.69. The van der Waals surface area contributed by atoms with Crippen LogP contribution in [0.15, 0.2) is 0 Å². The maximum Gasteiger partial charge on any atom is 0.0959 e. The molecule has 0 radical (unpaired) electrons. The van der Waals surface area contributed by atoms with Crippen molar-refractivity contribution in [3.05, 3.63) is 0 Å². The fourth-order valence-electron chi connectivity index (χ4n) is 8.09. The van der Waals surface area contributed by atoms with Gasteiger partial charge in [-0.1, -0.05) is 13.8 Å². The average Bonchev–Trinajstić information content (AvgIpc) is 2.80. The van der Waals surface area contributed by atoms with Crippen LogP contribution in [-0.2, 0) is 0 Å². The van der Waals surface area contributed by atoms with Crippen LogP contribution in [0.25, 0.3) is 0 Å². The Morgan fingerprint density at radius 3 is 2.40 bits per heavy atom. The van der Waals surface area contributed by atoms with E-state index in [1.165, 1.54) is 0 Å². The third-order valence-electron chi connectivity index (χ3n) is 9.48. The molecule has 0 bridgehead atoms. The summed E-state index contributed by atoms with van der Waals surface area (Å²) in [5.41, 5.74) is -1.38. The van der Waals surface area contributed by atoms with Gasteiger partial charge in [0.25, 0.3) is 0 Å². The molecule has 25 heavy (non-hydrogen) atoms. The van der Waals surface area contributed by atoms with E-state index in [1.807, 2.05) is 0 Å². The maximum absolute atomic E-state index is 11.3. The minimum Gasteiger partial charge on any atom is -0.393 e. The minimum absolute atomic E-state index is 0.106. The first kappa shape index (κ1) is 18.2. The number of aliphatic hydroxyl groups is 4. The van der Waals surface area contributed by atoms with Crippen molar-refractivity contribution < 1.29 is 20.4 Å². The second kappa shape index (κ2) is 5.67. The van der Waals surface area contributed by atoms with Gasteiger partial charge in [0, 0.05) is 5.41 Å². The highest BCUT2D eigenvalue weighted by Crippen LogP contribution is 2.68. The van der Waals surface area contributed by atoms with E-state index >= 15 is 0 Å². The molecule has 0 amide bonds. The van der Waals surface area contributed by atoms with E-state index in [9.17, 15) is 20.4 Å². The van der Waals surface area contributed by atoms with Gasteiger partial charge in [0.05, 0.1) is 23.9 Å². The summed E-state index contributed by atoms with van der Waals surface area (Å²) in [6, 6.07) is 0. The van der Waals surface area contributed by atoms with Gasteiger partial charge >= 0.3 is 0 Å². The third kappa shape index (κ3) is 2.27. The largest absolute Gasteiger partial charge is 0.393 e. The van der Waals surface area contributed by atoms with Crippen LogP contribution in [0, 0.1) is 34.5 Å². The molecular weight excluding hydrogens is 316 g/mol. The highest BCUT2D eigenvalue weighted by Gasteiger charge is 2.67. The van der Waals surface area contributed by atoms with Crippen LogP contribution < -0.4 is 0 Å². The zero-order valence-electron chi connectivity index (χ0n) is 16.0. The Labute approximate surface area is 151 Å². The SMILES string of the molecule is C[C@@H](O)[C@]1(O)CC[C@H]2[C@@H]3CC[C@H]4C[C@@H](O)CC[C@]4(C)[C@H]3[C@@H](O)C[C@@]21C. The van der Waals surface area contributed by atoms with Crippen molar-refractivity contribution in [2.24, 2.45) is 34.5 Å². The van der Waals surface area contributed by atoms with Gasteiger partial charge in [0.1, 0.15) is 0 Å². The van der Waals surface area contributed by atoms with E-state index in [4.69, 9.17) is 0 Å². The van der Waals surface area contributed by atoms with Crippen LogP contribution in [0.4, 0.5) is 0 Å². The van der Waals surface area contributed by atoms with Crippen LogP contribution in [-0.4, -0.2) is 44.3 Å². The predicted molar refractivity (Wildman–Crippen MR) is 95.8 cm³/mol. The van der Waals surface area contributed by atoms with Gasteiger partial charge in [-0.2, -0.15) is 0 Å². The Kier molecular flexibility index (Phi) is 4.13. The summed E-state index contributed by atoms with van der Waals surface area (Å²) < 4.78 is 0. The predicted octanol–water partition coefficient (Wildman–Crippen LogP) is 2.47. The van der Waals surface area contributed by atoms with Crippen molar-refractivity contribution >= 4 is 0 Å². The Bertz CT molecular complexity index is 536. The fraction of sp³-hybridized carbons (Fsp3) is 1.00. The number of hydrogen-bond donors (Lipinski definition) is 4. The van der Waals surface area contributed by atoms with Crippen molar-refractivity contribution in [2.75, 3.05) is 0 Å². The molecule has 0 heterocycles. The molecule has 10 atom stereocenters. The zero-order valence-corrected chi connectivity index (χ0v) is 16.0. The summed E-state index contributed by atoms with van der Waals surface area (Å²) in [5.74, 6) is 1.59. The molecule has 4 heteroatoms. The zero-order chi connectivity index (χ0) is 18.2. The van der Waals surface area contributed by atoms with E-state index in [0.29, 0.717) is 30.6 Å².